The highest BCUT2D eigenvalue weighted by atomic mass is 16.4. The molecule has 172 valence electrons. The van der Waals surface area contributed by atoms with Crippen molar-refractivity contribution < 1.29 is 35.1 Å². The van der Waals surface area contributed by atoms with E-state index >= 15 is 0 Å². The van der Waals surface area contributed by atoms with Gasteiger partial charge in [0, 0.05) is 13.1 Å². The first kappa shape index (κ1) is 25.6. The quantitative estimate of drug-likeness (QED) is 0.133. The van der Waals surface area contributed by atoms with E-state index in [2.05, 4.69) is 20.6 Å². The number of rotatable bonds is 16. The van der Waals surface area contributed by atoms with Gasteiger partial charge in [-0.15, -0.1) is 0 Å². The number of anilines is 2. The number of H-pyrrole nitrogens is 1. The minimum Gasteiger partial charge on any atom is -0.480 e. The van der Waals surface area contributed by atoms with Crippen LogP contribution < -0.4 is 22.1 Å². The zero-order chi connectivity index (χ0) is 22.7. The molecule has 1 rings (SSSR count). The van der Waals surface area contributed by atoms with E-state index in [4.69, 9.17) is 26.8 Å². The first-order chi connectivity index (χ1) is 14.2. The maximum atomic E-state index is 10.7. The molecule has 0 aliphatic carbocycles. The van der Waals surface area contributed by atoms with Gasteiger partial charge >= 0.3 is 11.9 Å². The van der Waals surface area contributed by atoms with Crippen LogP contribution in [0.2, 0.25) is 0 Å². The highest BCUT2D eigenvalue weighted by Crippen LogP contribution is 2.25. The van der Waals surface area contributed by atoms with Crippen LogP contribution in [0.1, 0.15) is 43.9 Å². The van der Waals surface area contributed by atoms with Crippen LogP contribution in [0.4, 0.5) is 11.8 Å². The number of carboxylic acids is 2. The van der Waals surface area contributed by atoms with E-state index in [1.165, 1.54) is 0 Å². The Bertz CT molecular complexity index is 671. The Morgan fingerprint density at radius 2 is 1.53 bits per heavy atom. The first-order valence-electron chi connectivity index (χ1n) is 9.68. The Kier molecular flexibility index (Phi) is 11.1. The van der Waals surface area contributed by atoms with Gasteiger partial charge in [0.15, 0.2) is 5.82 Å². The number of nitrogens with one attached hydrogen (secondary N) is 3. The smallest absolute Gasteiger partial charge is 0.320 e. The van der Waals surface area contributed by atoms with E-state index in [0.717, 1.165) is 0 Å². The molecule has 1 aromatic heterocycles. The van der Waals surface area contributed by atoms with E-state index < -0.39 is 42.8 Å². The number of hydrogen-bond donors (Lipinski definition) is 10. The van der Waals surface area contributed by atoms with Crippen LogP contribution in [0.5, 0.6) is 0 Å². The number of carboxylic acid groups (broad SMARTS) is 2. The van der Waals surface area contributed by atoms with Crippen molar-refractivity contribution in [2.45, 2.75) is 56.4 Å². The molecule has 1 heterocycles. The molecule has 3 unspecified atom stereocenters. The summed E-state index contributed by atoms with van der Waals surface area (Å²) in [6, 6.07) is -1.87. The lowest BCUT2D eigenvalue weighted by Gasteiger charge is -2.16. The van der Waals surface area contributed by atoms with E-state index in [9.17, 15) is 19.8 Å². The monoisotopic (exact) mass is 432 g/mol. The Morgan fingerprint density at radius 3 is 2.10 bits per heavy atom. The number of aliphatic hydroxyl groups is 3. The van der Waals surface area contributed by atoms with Crippen molar-refractivity contribution in [1.82, 2.24) is 9.97 Å². The molecule has 0 aliphatic rings. The molecule has 0 saturated carbocycles. The Balaban J connectivity index is 2.64. The molecule has 0 fully saturated rings. The summed E-state index contributed by atoms with van der Waals surface area (Å²) >= 11 is 0. The second-order valence-electron chi connectivity index (χ2n) is 6.92. The van der Waals surface area contributed by atoms with Crippen molar-refractivity contribution in [3.63, 3.8) is 0 Å². The molecule has 0 aliphatic heterocycles. The summed E-state index contributed by atoms with van der Waals surface area (Å²) in [7, 11) is 0. The number of nitrogens with zero attached hydrogens (tertiary/aromatic N) is 1. The molecule has 30 heavy (non-hydrogen) atoms. The van der Waals surface area contributed by atoms with Crippen molar-refractivity contribution in [2.75, 3.05) is 30.3 Å². The van der Waals surface area contributed by atoms with Gasteiger partial charge in [0.2, 0.25) is 5.95 Å². The third-order valence-corrected chi connectivity index (χ3v) is 4.43. The number of aliphatic carboxylic acids is 2. The van der Waals surface area contributed by atoms with Gasteiger partial charge in [-0.2, -0.15) is 4.98 Å². The largest absolute Gasteiger partial charge is 0.480 e. The third kappa shape index (κ3) is 8.51. The SMILES string of the molecule is NC(CCCNc1nc(NCCCC[C@H](N)C(=O)O)c(C(O)C(O)CO)[nH]1)C(=O)O. The van der Waals surface area contributed by atoms with Gasteiger partial charge in [0.1, 0.15) is 24.3 Å². The fraction of sp³-hybridized carbons (Fsp3) is 0.706. The van der Waals surface area contributed by atoms with Crippen LogP contribution in [0, 0.1) is 0 Å². The maximum Gasteiger partial charge on any atom is 0.320 e. The molecule has 0 saturated heterocycles. The summed E-state index contributed by atoms with van der Waals surface area (Å²) in [4.78, 5) is 28.5. The zero-order valence-electron chi connectivity index (χ0n) is 16.6. The molecule has 12 N–H and O–H groups in total. The maximum absolute atomic E-state index is 10.7. The molecular formula is C17H32N6O7. The van der Waals surface area contributed by atoms with Crippen molar-refractivity contribution >= 4 is 23.7 Å². The van der Waals surface area contributed by atoms with Gasteiger partial charge in [-0.05, 0) is 32.1 Å². The molecule has 0 aromatic carbocycles. The van der Waals surface area contributed by atoms with E-state index in [1.807, 2.05) is 0 Å². The normalized spacial score (nSPS) is 15.2. The molecule has 13 nitrogen and oxygen atoms in total. The summed E-state index contributed by atoms with van der Waals surface area (Å²) in [5.74, 6) is -1.58. The summed E-state index contributed by atoms with van der Waals surface area (Å²) in [6.45, 7) is 0.140. The first-order valence-corrected chi connectivity index (χ1v) is 9.68. The molecule has 0 radical (unpaired) electrons. The molecule has 4 atom stereocenters. The predicted octanol–water partition coefficient (Wildman–Crippen LogP) is -1.61. The number of unbranched alkanes of at least 4 members (excludes halogenated alkanes) is 1. The summed E-state index contributed by atoms with van der Waals surface area (Å²) in [5, 5.41) is 52.5. The minimum atomic E-state index is -1.42. The fourth-order valence-electron chi connectivity index (χ4n) is 2.58. The minimum absolute atomic E-state index is 0.170. The van der Waals surface area contributed by atoms with Gasteiger partial charge in [-0.25, -0.2) is 0 Å². The third-order valence-electron chi connectivity index (χ3n) is 4.43. The van der Waals surface area contributed by atoms with Crippen LogP contribution in [0.3, 0.4) is 0 Å². The van der Waals surface area contributed by atoms with Gasteiger partial charge in [-0.1, -0.05) is 0 Å². The Morgan fingerprint density at radius 1 is 0.967 bits per heavy atom. The van der Waals surface area contributed by atoms with Gasteiger partial charge in [0.25, 0.3) is 0 Å². The second kappa shape index (κ2) is 13.0. The van der Waals surface area contributed by atoms with Gasteiger partial charge in [-0.3, -0.25) is 9.59 Å². The van der Waals surface area contributed by atoms with Crippen LogP contribution in [0.15, 0.2) is 0 Å². The zero-order valence-corrected chi connectivity index (χ0v) is 16.6. The Hall–Kier alpha value is -2.45. The number of aromatic amines is 1. The van der Waals surface area contributed by atoms with Gasteiger partial charge < -0.3 is 52.6 Å². The fourth-order valence-corrected chi connectivity index (χ4v) is 2.58. The Labute approximate surface area is 173 Å². The van der Waals surface area contributed by atoms with E-state index in [-0.39, 0.29) is 23.9 Å². The average molecular weight is 432 g/mol. The topological polar surface area (TPSA) is 240 Å². The number of aliphatic hydroxyl groups excluding tert-OH is 3. The predicted molar refractivity (Wildman–Crippen MR) is 108 cm³/mol. The molecule has 0 amide bonds. The lowest BCUT2D eigenvalue weighted by molar-refractivity contribution is -0.139. The lowest BCUT2D eigenvalue weighted by Crippen LogP contribution is -2.30. The van der Waals surface area contributed by atoms with Crippen molar-refractivity contribution in [1.29, 1.82) is 0 Å². The van der Waals surface area contributed by atoms with Crippen molar-refractivity contribution in [3.05, 3.63) is 5.69 Å². The highest BCUT2D eigenvalue weighted by Gasteiger charge is 2.24. The average Bonchev–Trinajstić information content (AvgIpc) is 3.11. The number of nitrogens with two attached hydrogens (primary N) is 2. The van der Waals surface area contributed by atoms with E-state index in [1.54, 1.807) is 0 Å². The van der Waals surface area contributed by atoms with Crippen molar-refractivity contribution in [2.24, 2.45) is 11.5 Å². The van der Waals surface area contributed by atoms with Crippen LogP contribution >= 0.6 is 0 Å². The molecule has 0 spiro atoms. The number of carbonyl (C=O) groups is 2. The summed E-state index contributed by atoms with van der Waals surface area (Å²) in [6.07, 6.45) is -0.605. The van der Waals surface area contributed by atoms with Crippen molar-refractivity contribution in [3.8, 4) is 0 Å². The standard InChI is InChI=1S/C17H32N6O7/c18-9(15(27)28)4-1-2-6-20-14-12(13(26)11(25)8-24)22-17(23-14)21-7-3-5-10(19)16(29)30/h9-11,13,20,24-26H,1-8,18-19H2,(H,27,28)(H,29,30)(H2,21,22,23)/t9-,10?,11?,13?/m0/s1. The molecule has 1 aromatic rings. The molecular weight excluding hydrogens is 400 g/mol. The van der Waals surface area contributed by atoms with Crippen LogP contribution in [-0.2, 0) is 9.59 Å². The van der Waals surface area contributed by atoms with Gasteiger partial charge in [0.05, 0.1) is 12.3 Å². The van der Waals surface area contributed by atoms with E-state index in [0.29, 0.717) is 38.8 Å². The molecule has 0 bridgehead atoms. The summed E-state index contributed by atoms with van der Waals surface area (Å²) in [5.41, 5.74) is 11.1. The lowest BCUT2D eigenvalue weighted by atomic mass is 10.1. The number of imidazole rings is 1. The highest BCUT2D eigenvalue weighted by molar-refractivity contribution is 5.73. The summed E-state index contributed by atoms with van der Waals surface area (Å²) < 4.78 is 0. The number of aromatic nitrogens is 2. The van der Waals surface area contributed by atoms with Crippen LogP contribution in [-0.4, -0.2) is 85.3 Å². The second-order valence-corrected chi connectivity index (χ2v) is 6.92. The molecule has 13 heteroatoms. The van der Waals surface area contributed by atoms with Crippen LogP contribution in [0.25, 0.3) is 0 Å². The number of hydrogen-bond acceptors (Lipinski definition) is 10.